The summed E-state index contributed by atoms with van der Waals surface area (Å²) in [6.45, 7) is 6.82. The minimum Gasteiger partial charge on any atom is -0.325 e. The quantitative estimate of drug-likeness (QED) is 0.871. The van der Waals surface area contributed by atoms with Crippen LogP contribution in [0.25, 0.3) is 10.2 Å². The van der Waals surface area contributed by atoms with Crippen LogP contribution in [0.2, 0.25) is 0 Å². The molecule has 0 saturated carbocycles. The lowest BCUT2D eigenvalue weighted by Gasteiger charge is -2.21. The summed E-state index contributed by atoms with van der Waals surface area (Å²) >= 11 is 1.45. The summed E-state index contributed by atoms with van der Waals surface area (Å²) in [5.74, 6) is -1.04. The zero-order valence-electron chi connectivity index (χ0n) is 16.4. The van der Waals surface area contributed by atoms with Crippen molar-refractivity contribution in [2.75, 3.05) is 37.4 Å². The zero-order chi connectivity index (χ0) is 20.1. The first-order valence-corrected chi connectivity index (χ1v) is 9.78. The molecule has 0 spiro atoms. The van der Waals surface area contributed by atoms with E-state index in [4.69, 9.17) is 5.26 Å². The fraction of sp³-hybridized carbons (Fsp3) is 0.474. The van der Waals surface area contributed by atoms with Gasteiger partial charge in [0.1, 0.15) is 5.92 Å². The molecule has 144 valence electrons. The second-order valence-electron chi connectivity index (χ2n) is 6.28. The Hall–Kier alpha value is -2.50. The maximum Gasteiger partial charge on any atom is 0.242 e. The van der Waals surface area contributed by atoms with Gasteiger partial charge in [-0.25, -0.2) is 4.98 Å². The van der Waals surface area contributed by atoms with E-state index in [2.05, 4.69) is 10.3 Å². The molecule has 1 N–H and O–H groups in total. The van der Waals surface area contributed by atoms with Gasteiger partial charge in [0.15, 0.2) is 5.13 Å². The number of aromatic nitrogens is 1. The Morgan fingerprint density at radius 2 is 2.07 bits per heavy atom. The number of hydrogen-bond donors (Lipinski definition) is 1. The molecule has 3 rings (SSSR count). The van der Waals surface area contributed by atoms with Crippen LogP contribution in [0.1, 0.15) is 26.3 Å². The first kappa shape index (κ1) is 20.8. The second kappa shape index (κ2) is 8.93. The summed E-state index contributed by atoms with van der Waals surface area (Å²) in [4.78, 5) is 32.2. The van der Waals surface area contributed by atoms with Gasteiger partial charge in [-0.2, -0.15) is 5.26 Å². The number of likely N-dealkylation sites (N-methyl/N-ethyl adjacent to an activating group) is 1. The molecule has 1 atom stereocenters. The SMILES string of the molecule is CC.CC(=O)N(CCN(C)C)c1nc2c3c(ccc2s1)NC(=O)C(C#N)C3. The van der Waals surface area contributed by atoms with Crippen LogP contribution in [0.5, 0.6) is 0 Å². The minimum absolute atomic E-state index is 0.0574. The average molecular weight is 388 g/mol. The van der Waals surface area contributed by atoms with Crippen molar-refractivity contribution >= 4 is 44.2 Å². The Bertz CT molecular complexity index is 884. The molecule has 8 heteroatoms. The normalized spacial score (nSPS) is 15.4. The number of anilines is 2. The van der Waals surface area contributed by atoms with Crippen molar-refractivity contribution < 1.29 is 9.59 Å². The Kier molecular flexibility index (Phi) is 6.88. The topological polar surface area (TPSA) is 89.3 Å². The van der Waals surface area contributed by atoms with Crippen LogP contribution in [0, 0.1) is 17.2 Å². The molecule has 7 nitrogen and oxygen atoms in total. The Morgan fingerprint density at radius 3 is 2.67 bits per heavy atom. The van der Waals surface area contributed by atoms with Crippen molar-refractivity contribution in [3.8, 4) is 6.07 Å². The molecule has 1 aliphatic heterocycles. The minimum atomic E-state index is -0.707. The van der Waals surface area contributed by atoms with Crippen molar-refractivity contribution in [1.82, 2.24) is 9.88 Å². The third-order valence-corrected chi connectivity index (χ3v) is 5.22. The molecule has 0 saturated heterocycles. The molecule has 2 aromatic rings. The summed E-state index contributed by atoms with van der Waals surface area (Å²) in [6.07, 6.45) is 0.343. The number of thiazole rings is 1. The highest BCUT2D eigenvalue weighted by Gasteiger charge is 2.29. The summed E-state index contributed by atoms with van der Waals surface area (Å²) in [6, 6.07) is 5.77. The van der Waals surface area contributed by atoms with E-state index in [-0.39, 0.29) is 11.8 Å². The van der Waals surface area contributed by atoms with E-state index >= 15 is 0 Å². The van der Waals surface area contributed by atoms with Crippen LogP contribution in [-0.2, 0) is 16.0 Å². The van der Waals surface area contributed by atoms with E-state index in [0.29, 0.717) is 23.8 Å². The standard InChI is InChI=1S/C17H19N5O2S.C2H6/c1-10(23)22(7-6-21(2)3)17-20-15-12-8-11(9-18)16(24)19-13(12)4-5-14(15)25-17;1-2/h4-5,11H,6-8H2,1-3H3,(H,19,24);1-2H3. The van der Waals surface area contributed by atoms with Crippen molar-refractivity contribution in [2.45, 2.75) is 27.2 Å². The predicted molar refractivity (Wildman–Crippen MR) is 109 cm³/mol. The van der Waals surface area contributed by atoms with Gasteiger partial charge in [0.05, 0.1) is 16.3 Å². The number of hydrogen-bond acceptors (Lipinski definition) is 6. The van der Waals surface area contributed by atoms with E-state index < -0.39 is 5.92 Å². The van der Waals surface area contributed by atoms with Gasteiger partial charge in [0.2, 0.25) is 11.8 Å². The molecule has 1 aromatic heterocycles. The van der Waals surface area contributed by atoms with E-state index in [0.717, 1.165) is 22.3 Å². The number of nitriles is 1. The highest BCUT2D eigenvalue weighted by Crippen LogP contribution is 2.37. The molecule has 27 heavy (non-hydrogen) atoms. The molecule has 0 bridgehead atoms. The molecule has 0 fully saturated rings. The van der Waals surface area contributed by atoms with E-state index in [1.165, 1.54) is 18.3 Å². The molecule has 0 aliphatic carbocycles. The van der Waals surface area contributed by atoms with Gasteiger partial charge < -0.3 is 10.2 Å². The fourth-order valence-corrected chi connectivity index (χ4v) is 3.85. The molecule has 0 radical (unpaired) electrons. The zero-order valence-corrected chi connectivity index (χ0v) is 17.2. The number of carbonyl (C=O) groups is 2. The third-order valence-electron chi connectivity index (χ3n) is 4.17. The Labute approximate surface area is 163 Å². The van der Waals surface area contributed by atoms with Gasteiger partial charge in [0.25, 0.3) is 0 Å². The van der Waals surface area contributed by atoms with Gasteiger partial charge in [-0.15, -0.1) is 0 Å². The van der Waals surface area contributed by atoms with Crippen molar-refractivity contribution in [1.29, 1.82) is 5.26 Å². The summed E-state index contributed by atoms with van der Waals surface area (Å²) in [7, 11) is 3.91. The number of carbonyl (C=O) groups excluding carboxylic acids is 2. The van der Waals surface area contributed by atoms with Gasteiger partial charge in [-0.1, -0.05) is 25.2 Å². The van der Waals surface area contributed by atoms with E-state index in [1.807, 2.05) is 51.0 Å². The third kappa shape index (κ3) is 4.43. The fourth-order valence-electron chi connectivity index (χ4n) is 2.78. The highest BCUT2D eigenvalue weighted by molar-refractivity contribution is 7.22. The van der Waals surface area contributed by atoms with Crippen molar-refractivity contribution in [3.63, 3.8) is 0 Å². The molecule has 2 amide bonds. The van der Waals surface area contributed by atoms with Gasteiger partial charge in [0, 0.05) is 37.7 Å². The van der Waals surface area contributed by atoms with Crippen LogP contribution in [-0.4, -0.2) is 48.9 Å². The second-order valence-corrected chi connectivity index (χ2v) is 7.29. The smallest absolute Gasteiger partial charge is 0.242 e. The van der Waals surface area contributed by atoms with Gasteiger partial charge >= 0.3 is 0 Å². The van der Waals surface area contributed by atoms with Gasteiger partial charge in [-0.3, -0.25) is 14.5 Å². The number of nitrogens with zero attached hydrogens (tertiary/aromatic N) is 4. The van der Waals surface area contributed by atoms with E-state index in [1.54, 1.807) is 4.90 Å². The lowest BCUT2D eigenvalue weighted by molar-refractivity contribution is -0.118. The van der Waals surface area contributed by atoms with Crippen LogP contribution < -0.4 is 10.2 Å². The monoisotopic (exact) mass is 387 g/mol. The molecule has 1 aromatic carbocycles. The maximum atomic E-state index is 12.0. The van der Waals surface area contributed by atoms with Crippen molar-refractivity contribution in [2.24, 2.45) is 5.92 Å². The summed E-state index contributed by atoms with van der Waals surface area (Å²) in [5, 5.41) is 12.6. The summed E-state index contributed by atoms with van der Waals surface area (Å²) < 4.78 is 0.942. The van der Waals surface area contributed by atoms with Crippen LogP contribution >= 0.6 is 11.3 Å². The molecule has 1 unspecified atom stereocenters. The molecule has 2 heterocycles. The lowest BCUT2D eigenvalue weighted by atomic mass is 9.93. The first-order valence-electron chi connectivity index (χ1n) is 8.96. The lowest BCUT2D eigenvalue weighted by Crippen LogP contribution is -2.35. The summed E-state index contributed by atoms with van der Waals surface area (Å²) in [5.41, 5.74) is 2.32. The van der Waals surface area contributed by atoms with Crippen LogP contribution in [0.3, 0.4) is 0 Å². The van der Waals surface area contributed by atoms with E-state index in [9.17, 15) is 9.59 Å². The highest BCUT2D eigenvalue weighted by atomic mass is 32.1. The van der Waals surface area contributed by atoms with Gasteiger partial charge in [-0.05, 0) is 26.2 Å². The molecule has 1 aliphatic rings. The predicted octanol–water partition coefficient (Wildman–Crippen LogP) is 2.87. The number of amides is 2. The Balaban J connectivity index is 0.00000126. The molecular formula is C19H25N5O2S. The Morgan fingerprint density at radius 1 is 1.37 bits per heavy atom. The number of rotatable bonds is 4. The number of fused-ring (bicyclic) bond motifs is 3. The first-order chi connectivity index (χ1) is 12.9. The van der Waals surface area contributed by atoms with Crippen LogP contribution in [0.4, 0.5) is 10.8 Å². The largest absolute Gasteiger partial charge is 0.325 e. The van der Waals surface area contributed by atoms with Crippen molar-refractivity contribution in [3.05, 3.63) is 17.7 Å². The average Bonchev–Trinajstić information content (AvgIpc) is 3.06. The molecular weight excluding hydrogens is 362 g/mol. The number of nitrogens with one attached hydrogen (secondary N) is 1. The number of benzene rings is 1. The maximum absolute atomic E-state index is 12.0. The van der Waals surface area contributed by atoms with Crippen LogP contribution in [0.15, 0.2) is 12.1 Å².